The third kappa shape index (κ3) is 4.03. The topological polar surface area (TPSA) is 21.3 Å². The number of hydrogen-bond donors (Lipinski definition) is 1. The molecule has 0 aromatic heterocycles. The maximum absolute atomic E-state index is 6.42. The van der Waals surface area contributed by atoms with Crippen molar-refractivity contribution in [2.75, 3.05) is 20.2 Å². The quantitative estimate of drug-likeness (QED) is 0.813. The van der Waals surface area contributed by atoms with Crippen LogP contribution in [0, 0.1) is 6.92 Å². The van der Waals surface area contributed by atoms with Gasteiger partial charge in [-0.05, 0) is 68.6 Å². The molecule has 1 aliphatic heterocycles. The van der Waals surface area contributed by atoms with E-state index in [9.17, 15) is 0 Å². The van der Waals surface area contributed by atoms with Gasteiger partial charge >= 0.3 is 0 Å². The van der Waals surface area contributed by atoms with Gasteiger partial charge in [0.15, 0.2) is 0 Å². The van der Waals surface area contributed by atoms with Crippen molar-refractivity contribution in [3.63, 3.8) is 0 Å². The van der Waals surface area contributed by atoms with Crippen molar-refractivity contribution in [1.29, 1.82) is 0 Å². The first-order valence-corrected chi connectivity index (χ1v) is 9.19. The summed E-state index contributed by atoms with van der Waals surface area (Å²) in [6.07, 6.45) is 2.40. The molecule has 0 amide bonds. The SMILES string of the molecule is COc1ccc(Sc2ccc(C)cc2C2CCNCC2)c(Cl)c1. The number of hydrogen-bond acceptors (Lipinski definition) is 3. The molecule has 1 N–H and O–H groups in total. The van der Waals surface area contributed by atoms with Crippen molar-refractivity contribution in [3.8, 4) is 5.75 Å². The van der Waals surface area contributed by atoms with Crippen LogP contribution in [0.25, 0.3) is 0 Å². The summed E-state index contributed by atoms with van der Waals surface area (Å²) in [5.41, 5.74) is 2.78. The number of piperidine rings is 1. The molecule has 0 unspecified atom stereocenters. The average Bonchev–Trinajstić information content (AvgIpc) is 2.58. The number of aryl methyl sites for hydroxylation is 1. The predicted octanol–water partition coefficient (Wildman–Crippen LogP) is 5.28. The van der Waals surface area contributed by atoms with Gasteiger partial charge in [-0.25, -0.2) is 0 Å². The minimum Gasteiger partial charge on any atom is -0.497 e. The zero-order valence-corrected chi connectivity index (χ0v) is 15.1. The number of halogens is 1. The molecule has 2 nitrogen and oxygen atoms in total. The van der Waals surface area contributed by atoms with Crippen LogP contribution < -0.4 is 10.1 Å². The lowest BCUT2D eigenvalue weighted by atomic mass is 9.89. The maximum Gasteiger partial charge on any atom is 0.120 e. The summed E-state index contributed by atoms with van der Waals surface area (Å²) in [6, 6.07) is 12.6. The summed E-state index contributed by atoms with van der Waals surface area (Å²) < 4.78 is 5.23. The van der Waals surface area contributed by atoms with Crippen LogP contribution in [0.3, 0.4) is 0 Å². The van der Waals surface area contributed by atoms with Crippen LogP contribution in [-0.4, -0.2) is 20.2 Å². The van der Waals surface area contributed by atoms with Crippen LogP contribution in [0.15, 0.2) is 46.2 Å². The van der Waals surface area contributed by atoms with Gasteiger partial charge in [0, 0.05) is 9.79 Å². The summed E-state index contributed by atoms with van der Waals surface area (Å²) in [5.74, 6) is 1.43. The molecule has 0 atom stereocenters. The second-order valence-corrected chi connectivity index (χ2v) is 7.45. The molecule has 2 aromatic carbocycles. The molecule has 1 heterocycles. The molecule has 23 heavy (non-hydrogen) atoms. The molecule has 1 aliphatic rings. The monoisotopic (exact) mass is 347 g/mol. The van der Waals surface area contributed by atoms with E-state index in [2.05, 4.69) is 30.4 Å². The highest BCUT2D eigenvalue weighted by Gasteiger charge is 2.19. The normalized spacial score (nSPS) is 15.6. The third-order valence-corrected chi connectivity index (χ3v) is 5.90. The van der Waals surface area contributed by atoms with E-state index in [1.54, 1.807) is 18.9 Å². The van der Waals surface area contributed by atoms with Gasteiger partial charge in [-0.3, -0.25) is 0 Å². The molecule has 1 fully saturated rings. The Morgan fingerprint density at radius 2 is 1.83 bits per heavy atom. The van der Waals surface area contributed by atoms with E-state index in [4.69, 9.17) is 16.3 Å². The lowest BCUT2D eigenvalue weighted by Crippen LogP contribution is -2.26. The average molecular weight is 348 g/mol. The Kier molecular flexibility index (Phi) is 5.52. The fraction of sp³-hybridized carbons (Fsp3) is 0.368. The van der Waals surface area contributed by atoms with E-state index < -0.39 is 0 Å². The Morgan fingerprint density at radius 1 is 1.09 bits per heavy atom. The highest BCUT2D eigenvalue weighted by Crippen LogP contribution is 2.40. The molecule has 1 saturated heterocycles. The number of benzene rings is 2. The minimum absolute atomic E-state index is 0.635. The molecule has 3 rings (SSSR count). The molecule has 2 aromatic rings. The van der Waals surface area contributed by atoms with E-state index in [-0.39, 0.29) is 0 Å². The van der Waals surface area contributed by atoms with Gasteiger partial charge in [-0.1, -0.05) is 41.1 Å². The Morgan fingerprint density at radius 3 is 2.52 bits per heavy atom. The fourth-order valence-corrected chi connectivity index (χ4v) is 4.32. The van der Waals surface area contributed by atoms with Gasteiger partial charge in [0.25, 0.3) is 0 Å². The summed E-state index contributed by atoms with van der Waals surface area (Å²) in [4.78, 5) is 2.39. The van der Waals surface area contributed by atoms with Gasteiger partial charge in [0.05, 0.1) is 12.1 Å². The molecule has 0 bridgehead atoms. The van der Waals surface area contributed by atoms with Gasteiger partial charge in [0.2, 0.25) is 0 Å². The highest BCUT2D eigenvalue weighted by atomic mass is 35.5. The zero-order chi connectivity index (χ0) is 16.2. The zero-order valence-electron chi connectivity index (χ0n) is 13.6. The lowest BCUT2D eigenvalue weighted by Gasteiger charge is -2.25. The summed E-state index contributed by atoms with van der Waals surface area (Å²) in [7, 11) is 1.66. The van der Waals surface area contributed by atoms with Gasteiger partial charge < -0.3 is 10.1 Å². The number of rotatable bonds is 4. The van der Waals surface area contributed by atoms with E-state index >= 15 is 0 Å². The second-order valence-electron chi connectivity index (χ2n) is 5.96. The van der Waals surface area contributed by atoms with Crippen molar-refractivity contribution >= 4 is 23.4 Å². The third-order valence-electron chi connectivity index (χ3n) is 4.30. The van der Waals surface area contributed by atoms with E-state index in [0.29, 0.717) is 5.92 Å². The molecule has 0 saturated carbocycles. The summed E-state index contributed by atoms with van der Waals surface area (Å²) in [5, 5.41) is 4.19. The first-order chi connectivity index (χ1) is 11.2. The molecule has 0 radical (unpaired) electrons. The number of ether oxygens (including phenoxy) is 1. The van der Waals surface area contributed by atoms with Crippen LogP contribution in [0.2, 0.25) is 5.02 Å². The van der Waals surface area contributed by atoms with Gasteiger partial charge in [0.1, 0.15) is 5.75 Å². The first kappa shape index (κ1) is 16.7. The van der Waals surface area contributed by atoms with Crippen molar-refractivity contribution in [3.05, 3.63) is 52.5 Å². The molecule has 122 valence electrons. The first-order valence-electron chi connectivity index (χ1n) is 8.00. The van der Waals surface area contributed by atoms with Crippen molar-refractivity contribution in [1.82, 2.24) is 5.32 Å². The van der Waals surface area contributed by atoms with Crippen LogP contribution in [0.5, 0.6) is 5.75 Å². The highest BCUT2D eigenvalue weighted by molar-refractivity contribution is 7.99. The number of methoxy groups -OCH3 is 1. The molecule has 0 spiro atoms. The summed E-state index contributed by atoms with van der Waals surface area (Å²) >= 11 is 8.17. The van der Waals surface area contributed by atoms with E-state index in [0.717, 1.165) is 28.8 Å². The second kappa shape index (κ2) is 7.61. The smallest absolute Gasteiger partial charge is 0.120 e. The summed E-state index contributed by atoms with van der Waals surface area (Å²) in [6.45, 7) is 4.37. The van der Waals surface area contributed by atoms with Crippen LogP contribution in [-0.2, 0) is 0 Å². The van der Waals surface area contributed by atoms with Crippen LogP contribution >= 0.6 is 23.4 Å². The Bertz CT molecular complexity index is 683. The van der Waals surface area contributed by atoms with Gasteiger partial charge in [-0.15, -0.1) is 0 Å². The van der Waals surface area contributed by atoms with Crippen molar-refractivity contribution in [2.45, 2.75) is 35.5 Å². The Labute approximate surface area is 147 Å². The lowest BCUT2D eigenvalue weighted by molar-refractivity contribution is 0.414. The Hall–Kier alpha value is -1.16. The standard InChI is InChI=1S/C19H22ClNOS/c1-13-3-5-18(16(11-13)14-7-9-21-10-8-14)23-19-6-4-15(22-2)12-17(19)20/h3-6,11-12,14,21H,7-10H2,1-2H3. The Balaban J connectivity index is 1.90. The van der Waals surface area contributed by atoms with E-state index in [1.165, 1.54) is 28.9 Å². The van der Waals surface area contributed by atoms with E-state index in [1.807, 2.05) is 18.2 Å². The van der Waals surface area contributed by atoms with Gasteiger partial charge in [-0.2, -0.15) is 0 Å². The maximum atomic E-state index is 6.42. The molecular weight excluding hydrogens is 326 g/mol. The van der Waals surface area contributed by atoms with Crippen molar-refractivity contribution < 1.29 is 4.74 Å². The van der Waals surface area contributed by atoms with Crippen LogP contribution in [0.1, 0.15) is 29.9 Å². The largest absolute Gasteiger partial charge is 0.497 e. The predicted molar refractivity (Wildman–Crippen MR) is 98.2 cm³/mol. The number of nitrogens with one attached hydrogen (secondary N) is 1. The van der Waals surface area contributed by atoms with Crippen molar-refractivity contribution in [2.24, 2.45) is 0 Å². The minimum atomic E-state index is 0.635. The molecule has 0 aliphatic carbocycles. The fourth-order valence-electron chi connectivity index (χ4n) is 3.02. The molecular formula is C19H22ClNOS. The molecule has 4 heteroatoms. The van der Waals surface area contributed by atoms with Crippen LogP contribution in [0.4, 0.5) is 0 Å².